The van der Waals surface area contributed by atoms with Crippen LogP contribution in [0.1, 0.15) is 0 Å². The molecular formula is C15H8ClNO. The van der Waals surface area contributed by atoms with E-state index in [-0.39, 0.29) is 0 Å². The molecule has 0 aliphatic heterocycles. The quantitative estimate of drug-likeness (QED) is 0.450. The number of aromatic nitrogens is 1. The molecule has 0 saturated carbocycles. The smallest absolute Gasteiger partial charge is 0.137 e. The van der Waals surface area contributed by atoms with Gasteiger partial charge in [-0.1, -0.05) is 29.8 Å². The van der Waals surface area contributed by atoms with Gasteiger partial charge in [-0.05, 0) is 17.5 Å². The Hall–Kier alpha value is -2.06. The fourth-order valence-electron chi connectivity index (χ4n) is 2.44. The van der Waals surface area contributed by atoms with Crippen LogP contribution in [0.3, 0.4) is 0 Å². The zero-order valence-electron chi connectivity index (χ0n) is 9.35. The molecule has 0 radical (unpaired) electrons. The summed E-state index contributed by atoms with van der Waals surface area (Å²) in [5.41, 5.74) is 1.70. The highest BCUT2D eigenvalue weighted by atomic mass is 35.5. The molecule has 0 aliphatic rings. The predicted molar refractivity (Wildman–Crippen MR) is 74.0 cm³/mol. The third-order valence-electron chi connectivity index (χ3n) is 3.23. The highest BCUT2D eigenvalue weighted by molar-refractivity contribution is 6.38. The van der Waals surface area contributed by atoms with Gasteiger partial charge in [0.1, 0.15) is 11.2 Å². The van der Waals surface area contributed by atoms with Crippen molar-refractivity contribution in [3.63, 3.8) is 0 Å². The highest BCUT2D eigenvalue weighted by Gasteiger charge is 2.12. The molecule has 0 bridgehead atoms. The van der Waals surface area contributed by atoms with Crippen LogP contribution >= 0.6 is 11.6 Å². The molecule has 0 unspecified atom stereocenters. The Kier molecular flexibility index (Phi) is 1.91. The van der Waals surface area contributed by atoms with Gasteiger partial charge in [-0.2, -0.15) is 0 Å². The molecule has 4 aromatic rings. The zero-order chi connectivity index (χ0) is 12.1. The summed E-state index contributed by atoms with van der Waals surface area (Å²) in [7, 11) is 0. The van der Waals surface area contributed by atoms with Gasteiger partial charge in [0.15, 0.2) is 0 Å². The number of hydrogen-bond acceptors (Lipinski definition) is 2. The fourth-order valence-corrected chi connectivity index (χ4v) is 2.69. The average Bonchev–Trinajstić information content (AvgIpc) is 2.77. The Morgan fingerprint density at radius 2 is 1.83 bits per heavy atom. The van der Waals surface area contributed by atoms with Crippen LogP contribution < -0.4 is 0 Å². The molecule has 2 nitrogen and oxygen atoms in total. The average molecular weight is 254 g/mol. The third-order valence-corrected chi connectivity index (χ3v) is 3.54. The normalized spacial score (nSPS) is 11.6. The molecular weight excluding hydrogens is 246 g/mol. The first-order valence-electron chi connectivity index (χ1n) is 5.68. The summed E-state index contributed by atoms with van der Waals surface area (Å²) in [6, 6.07) is 11.9. The predicted octanol–water partition coefficient (Wildman–Crippen LogP) is 4.79. The summed E-state index contributed by atoms with van der Waals surface area (Å²) >= 11 is 6.26. The maximum absolute atomic E-state index is 6.26. The fraction of sp³-hybridized carbons (Fsp3) is 0. The first kappa shape index (κ1) is 9.92. The molecule has 2 aromatic carbocycles. The van der Waals surface area contributed by atoms with Gasteiger partial charge in [0.2, 0.25) is 0 Å². The van der Waals surface area contributed by atoms with Crippen LogP contribution in [0.4, 0.5) is 0 Å². The van der Waals surface area contributed by atoms with Crippen molar-refractivity contribution in [2.45, 2.75) is 0 Å². The molecule has 18 heavy (non-hydrogen) atoms. The number of fused-ring (bicyclic) bond motifs is 5. The van der Waals surface area contributed by atoms with E-state index in [1.165, 1.54) is 0 Å². The zero-order valence-corrected chi connectivity index (χ0v) is 10.1. The first-order chi connectivity index (χ1) is 8.84. The minimum Gasteiger partial charge on any atom is -0.456 e. The van der Waals surface area contributed by atoms with E-state index in [0.717, 1.165) is 32.7 Å². The minimum atomic E-state index is 0.671. The van der Waals surface area contributed by atoms with Gasteiger partial charge in [-0.3, -0.25) is 4.98 Å². The van der Waals surface area contributed by atoms with Gasteiger partial charge >= 0.3 is 0 Å². The topological polar surface area (TPSA) is 26.0 Å². The van der Waals surface area contributed by atoms with Crippen molar-refractivity contribution in [2.24, 2.45) is 0 Å². The Morgan fingerprint density at radius 1 is 0.944 bits per heavy atom. The maximum Gasteiger partial charge on any atom is 0.137 e. The number of benzene rings is 2. The van der Waals surface area contributed by atoms with Crippen molar-refractivity contribution in [2.75, 3.05) is 0 Å². The Labute approximate surface area is 108 Å². The molecule has 0 atom stereocenters. The summed E-state index contributed by atoms with van der Waals surface area (Å²) in [6.07, 6.45) is 3.57. The molecule has 0 saturated heterocycles. The lowest BCUT2D eigenvalue weighted by Crippen LogP contribution is -1.78. The summed E-state index contributed by atoms with van der Waals surface area (Å²) in [4.78, 5) is 4.13. The van der Waals surface area contributed by atoms with Crippen LogP contribution in [0.5, 0.6) is 0 Å². The number of hydrogen-bond donors (Lipinski definition) is 0. The van der Waals surface area contributed by atoms with E-state index in [9.17, 15) is 0 Å². The van der Waals surface area contributed by atoms with Crippen molar-refractivity contribution >= 4 is 44.3 Å². The van der Waals surface area contributed by atoms with E-state index in [0.29, 0.717) is 5.02 Å². The van der Waals surface area contributed by atoms with E-state index >= 15 is 0 Å². The molecule has 86 valence electrons. The largest absolute Gasteiger partial charge is 0.456 e. The summed E-state index contributed by atoms with van der Waals surface area (Å²) in [5, 5.41) is 4.92. The van der Waals surface area contributed by atoms with E-state index < -0.39 is 0 Å². The van der Waals surface area contributed by atoms with E-state index in [1.54, 1.807) is 12.4 Å². The SMILES string of the molecule is Clc1cc2oc3ccccc3c2c2ccncc12. The molecule has 2 aromatic heterocycles. The molecule has 0 aliphatic carbocycles. The summed E-state index contributed by atoms with van der Waals surface area (Å²) in [6.45, 7) is 0. The molecule has 3 heteroatoms. The van der Waals surface area contributed by atoms with Gasteiger partial charge in [-0.15, -0.1) is 0 Å². The molecule has 4 rings (SSSR count). The Bertz CT molecular complexity index is 895. The van der Waals surface area contributed by atoms with Gasteiger partial charge < -0.3 is 4.42 Å². The lowest BCUT2D eigenvalue weighted by molar-refractivity contribution is 0.669. The van der Waals surface area contributed by atoms with E-state index in [2.05, 4.69) is 11.1 Å². The van der Waals surface area contributed by atoms with Crippen LogP contribution in [0.25, 0.3) is 32.7 Å². The number of rotatable bonds is 0. The van der Waals surface area contributed by atoms with Gasteiger partial charge in [0.25, 0.3) is 0 Å². The highest BCUT2D eigenvalue weighted by Crippen LogP contribution is 2.37. The number of nitrogens with zero attached hydrogens (tertiary/aromatic N) is 1. The minimum absolute atomic E-state index is 0.671. The lowest BCUT2D eigenvalue weighted by atomic mass is 10.1. The molecule has 0 spiro atoms. The standard InChI is InChI=1S/C15H8ClNO/c16-12-7-14-15(9-5-6-17-8-11(9)12)10-3-1-2-4-13(10)18-14/h1-8H. The van der Waals surface area contributed by atoms with Crippen molar-refractivity contribution in [3.8, 4) is 0 Å². The summed E-state index contributed by atoms with van der Waals surface area (Å²) in [5.74, 6) is 0. The van der Waals surface area contributed by atoms with Crippen LogP contribution in [0.2, 0.25) is 5.02 Å². The van der Waals surface area contributed by atoms with Gasteiger partial charge in [-0.25, -0.2) is 0 Å². The van der Waals surface area contributed by atoms with Crippen LogP contribution in [0.15, 0.2) is 53.2 Å². The molecule has 2 heterocycles. The van der Waals surface area contributed by atoms with Crippen LogP contribution in [-0.2, 0) is 0 Å². The van der Waals surface area contributed by atoms with Crippen LogP contribution in [0, 0.1) is 0 Å². The lowest BCUT2D eigenvalue weighted by Gasteiger charge is -2.00. The second-order valence-corrected chi connectivity index (χ2v) is 4.66. The van der Waals surface area contributed by atoms with Crippen molar-refractivity contribution < 1.29 is 4.42 Å². The van der Waals surface area contributed by atoms with Crippen molar-refractivity contribution in [1.82, 2.24) is 4.98 Å². The van der Waals surface area contributed by atoms with Gasteiger partial charge in [0.05, 0.1) is 5.02 Å². The number of para-hydroxylation sites is 1. The molecule has 0 N–H and O–H groups in total. The Balaban J connectivity index is 2.39. The number of halogens is 1. The van der Waals surface area contributed by atoms with Crippen molar-refractivity contribution in [3.05, 3.63) is 53.8 Å². The second-order valence-electron chi connectivity index (χ2n) is 4.25. The monoisotopic (exact) mass is 253 g/mol. The number of pyridine rings is 1. The summed E-state index contributed by atoms with van der Waals surface area (Å²) < 4.78 is 5.84. The molecule has 0 fully saturated rings. The number of furan rings is 1. The first-order valence-corrected chi connectivity index (χ1v) is 6.06. The Morgan fingerprint density at radius 3 is 2.78 bits per heavy atom. The van der Waals surface area contributed by atoms with E-state index in [1.807, 2.05) is 30.3 Å². The van der Waals surface area contributed by atoms with Gasteiger partial charge in [0, 0.05) is 34.6 Å². The van der Waals surface area contributed by atoms with Crippen molar-refractivity contribution in [1.29, 1.82) is 0 Å². The molecule has 0 amide bonds. The third kappa shape index (κ3) is 1.21. The second kappa shape index (κ2) is 3.47. The van der Waals surface area contributed by atoms with Crippen LogP contribution in [-0.4, -0.2) is 4.98 Å². The maximum atomic E-state index is 6.26. The van der Waals surface area contributed by atoms with E-state index in [4.69, 9.17) is 16.0 Å².